The van der Waals surface area contributed by atoms with Gasteiger partial charge >= 0.3 is 5.97 Å². The third kappa shape index (κ3) is 7.94. The SMILES string of the molecule is COC(=O)CCN(CCc1ccccc1)C(=O)CCCOc1ccccc1. The normalized spacial score (nSPS) is 10.3. The highest BCUT2D eigenvalue weighted by molar-refractivity contribution is 5.77. The van der Waals surface area contributed by atoms with E-state index in [1.807, 2.05) is 60.7 Å². The van der Waals surface area contributed by atoms with Gasteiger partial charge in [-0.05, 0) is 30.5 Å². The van der Waals surface area contributed by atoms with Crippen LogP contribution in [0.1, 0.15) is 24.8 Å². The highest BCUT2D eigenvalue weighted by atomic mass is 16.5. The van der Waals surface area contributed by atoms with Crippen LogP contribution < -0.4 is 4.74 Å². The van der Waals surface area contributed by atoms with E-state index in [9.17, 15) is 9.59 Å². The van der Waals surface area contributed by atoms with Gasteiger partial charge in [-0.3, -0.25) is 9.59 Å². The molecule has 0 fully saturated rings. The first kappa shape index (κ1) is 20.5. The van der Waals surface area contributed by atoms with Gasteiger partial charge in [-0.1, -0.05) is 48.5 Å². The molecule has 2 aromatic carbocycles. The highest BCUT2D eigenvalue weighted by Gasteiger charge is 2.15. The Hall–Kier alpha value is -2.82. The minimum absolute atomic E-state index is 0.0338. The Balaban J connectivity index is 1.80. The van der Waals surface area contributed by atoms with Crippen LogP contribution in [0.15, 0.2) is 60.7 Å². The molecule has 0 saturated carbocycles. The van der Waals surface area contributed by atoms with Crippen LogP contribution in [0.5, 0.6) is 5.75 Å². The molecule has 0 N–H and O–H groups in total. The van der Waals surface area contributed by atoms with Crippen LogP contribution in [-0.2, 0) is 20.7 Å². The van der Waals surface area contributed by atoms with Crippen LogP contribution in [0.25, 0.3) is 0 Å². The molecular weight excluding hydrogens is 342 g/mol. The molecular formula is C22H27NO4. The first-order valence-electron chi connectivity index (χ1n) is 9.25. The summed E-state index contributed by atoms with van der Waals surface area (Å²) in [4.78, 5) is 25.8. The largest absolute Gasteiger partial charge is 0.494 e. The topological polar surface area (TPSA) is 55.8 Å². The molecule has 27 heavy (non-hydrogen) atoms. The summed E-state index contributed by atoms with van der Waals surface area (Å²) in [7, 11) is 1.36. The average molecular weight is 369 g/mol. The molecule has 0 aliphatic rings. The molecule has 2 aromatic rings. The maximum absolute atomic E-state index is 12.6. The number of para-hydroxylation sites is 1. The van der Waals surface area contributed by atoms with E-state index in [2.05, 4.69) is 0 Å². The van der Waals surface area contributed by atoms with E-state index in [0.717, 1.165) is 12.2 Å². The van der Waals surface area contributed by atoms with Crippen molar-refractivity contribution in [1.82, 2.24) is 4.90 Å². The molecule has 0 unspecified atom stereocenters. The van der Waals surface area contributed by atoms with E-state index >= 15 is 0 Å². The van der Waals surface area contributed by atoms with Crippen molar-refractivity contribution in [2.24, 2.45) is 0 Å². The Bertz CT molecular complexity index is 688. The zero-order chi connectivity index (χ0) is 19.3. The Morgan fingerprint density at radius 1 is 0.889 bits per heavy atom. The second-order valence-electron chi connectivity index (χ2n) is 6.21. The maximum Gasteiger partial charge on any atom is 0.307 e. The molecule has 0 aromatic heterocycles. The van der Waals surface area contributed by atoms with Crippen molar-refractivity contribution in [3.63, 3.8) is 0 Å². The number of nitrogens with zero attached hydrogens (tertiary/aromatic N) is 1. The molecule has 1 amide bonds. The zero-order valence-electron chi connectivity index (χ0n) is 15.8. The Labute approximate surface area is 160 Å². The lowest BCUT2D eigenvalue weighted by atomic mass is 10.1. The molecule has 0 atom stereocenters. The number of carbonyl (C=O) groups is 2. The number of hydrogen-bond donors (Lipinski definition) is 0. The summed E-state index contributed by atoms with van der Waals surface area (Å²) >= 11 is 0. The monoisotopic (exact) mass is 369 g/mol. The average Bonchev–Trinajstić information content (AvgIpc) is 2.72. The zero-order valence-corrected chi connectivity index (χ0v) is 15.8. The van der Waals surface area contributed by atoms with E-state index in [-0.39, 0.29) is 18.3 Å². The standard InChI is InChI=1S/C22H27NO4/c1-26-22(25)15-17-23(16-14-19-9-4-2-5-10-19)21(24)13-8-18-27-20-11-6-3-7-12-20/h2-7,9-12H,8,13-18H2,1H3. The van der Waals surface area contributed by atoms with Gasteiger partial charge < -0.3 is 14.4 Å². The summed E-state index contributed by atoms with van der Waals surface area (Å²) in [5.74, 6) is 0.531. The molecule has 2 rings (SSSR count). The highest BCUT2D eigenvalue weighted by Crippen LogP contribution is 2.10. The predicted octanol–water partition coefficient (Wildman–Crippen LogP) is 3.48. The summed E-state index contributed by atoms with van der Waals surface area (Å²) in [6, 6.07) is 19.6. The smallest absolute Gasteiger partial charge is 0.307 e. The molecule has 0 saturated heterocycles. The minimum atomic E-state index is -0.306. The van der Waals surface area contributed by atoms with Crippen molar-refractivity contribution in [2.45, 2.75) is 25.7 Å². The van der Waals surface area contributed by atoms with E-state index in [4.69, 9.17) is 9.47 Å². The van der Waals surface area contributed by atoms with Gasteiger partial charge in [-0.25, -0.2) is 0 Å². The van der Waals surface area contributed by atoms with E-state index in [0.29, 0.717) is 32.5 Å². The lowest BCUT2D eigenvalue weighted by molar-refractivity contribution is -0.141. The van der Waals surface area contributed by atoms with Gasteiger partial charge in [0.15, 0.2) is 0 Å². The molecule has 0 heterocycles. The number of rotatable bonds is 11. The number of benzene rings is 2. The summed E-state index contributed by atoms with van der Waals surface area (Å²) in [5.41, 5.74) is 1.17. The number of ether oxygens (including phenoxy) is 2. The van der Waals surface area contributed by atoms with Gasteiger partial charge in [-0.2, -0.15) is 0 Å². The fourth-order valence-corrected chi connectivity index (χ4v) is 2.69. The summed E-state index contributed by atoms with van der Waals surface area (Å²) in [6.45, 7) is 1.44. The third-order valence-corrected chi connectivity index (χ3v) is 4.23. The maximum atomic E-state index is 12.6. The van der Waals surface area contributed by atoms with Gasteiger partial charge in [0.05, 0.1) is 20.1 Å². The van der Waals surface area contributed by atoms with Gasteiger partial charge in [0.2, 0.25) is 5.91 Å². The Morgan fingerprint density at radius 2 is 1.56 bits per heavy atom. The van der Waals surface area contributed by atoms with Crippen molar-refractivity contribution in [3.05, 3.63) is 66.2 Å². The fourth-order valence-electron chi connectivity index (χ4n) is 2.69. The van der Waals surface area contributed by atoms with Crippen molar-refractivity contribution < 1.29 is 19.1 Å². The van der Waals surface area contributed by atoms with E-state index < -0.39 is 0 Å². The van der Waals surface area contributed by atoms with Gasteiger partial charge in [-0.15, -0.1) is 0 Å². The van der Waals surface area contributed by atoms with Gasteiger partial charge in [0.1, 0.15) is 5.75 Å². The number of esters is 1. The molecule has 5 nitrogen and oxygen atoms in total. The van der Waals surface area contributed by atoms with E-state index in [1.165, 1.54) is 12.7 Å². The van der Waals surface area contributed by atoms with Crippen LogP contribution in [0.2, 0.25) is 0 Å². The minimum Gasteiger partial charge on any atom is -0.494 e. The van der Waals surface area contributed by atoms with E-state index in [1.54, 1.807) is 4.90 Å². The van der Waals surface area contributed by atoms with Crippen LogP contribution in [0.3, 0.4) is 0 Å². The van der Waals surface area contributed by atoms with Crippen LogP contribution in [0.4, 0.5) is 0 Å². The molecule has 0 spiro atoms. The lowest BCUT2D eigenvalue weighted by Crippen LogP contribution is -2.35. The first-order valence-corrected chi connectivity index (χ1v) is 9.25. The second-order valence-corrected chi connectivity index (χ2v) is 6.21. The van der Waals surface area contributed by atoms with Gasteiger partial charge in [0.25, 0.3) is 0 Å². The number of amides is 1. The van der Waals surface area contributed by atoms with Crippen molar-refractivity contribution in [2.75, 3.05) is 26.8 Å². The quantitative estimate of drug-likeness (QED) is 0.449. The molecule has 0 aliphatic carbocycles. The van der Waals surface area contributed by atoms with Crippen LogP contribution in [0, 0.1) is 0 Å². The summed E-state index contributed by atoms with van der Waals surface area (Å²) in [5, 5.41) is 0. The number of carbonyl (C=O) groups excluding carboxylic acids is 2. The molecule has 0 aliphatic heterocycles. The third-order valence-electron chi connectivity index (χ3n) is 4.23. The summed E-state index contributed by atoms with van der Waals surface area (Å²) < 4.78 is 10.3. The fraction of sp³-hybridized carbons (Fsp3) is 0.364. The first-order chi connectivity index (χ1) is 13.2. The molecule has 5 heteroatoms. The summed E-state index contributed by atoms with van der Waals surface area (Å²) in [6.07, 6.45) is 1.99. The molecule has 0 radical (unpaired) electrons. The second kappa shape index (κ2) is 11.7. The number of hydrogen-bond acceptors (Lipinski definition) is 4. The van der Waals surface area contributed by atoms with Gasteiger partial charge in [0, 0.05) is 19.5 Å². The van der Waals surface area contributed by atoms with Crippen molar-refractivity contribution >= 4 is 11.9 Å². The van der Waals surface area contributed by atoms with Crippen LogP contribution in [-0.4, -0.2) is 43.6 Å². The predicted molar refractivity (Wildman–Crippen MR) is 105 cm³/mol. The Kier molecular flexibility index (Phi) is 8.90. The molecule has 0 bridgehead atoms. The molecule has 144 valence electrons. The Morgan fingerprint density at radius 3 is 2.22 bits per heavy atom. The van der Waals surface area contributed by atoms with Crippen molar-refractivity contribution in [3.8, 4) is 5.75 Å². The van der Waals surface area contributed by atoms with Crippen LogP contribution >= 0.6 is 0 Å². The van der Waals surface area contributed by atoms with Crippen molar-refractivity contribution in [1.29, 1.82) is 0 Å². The lowest BCUT2D eigenvalue weighted by Gasteiger charge is -2.22. The number of methoxy groups -OCH3 is 1.